The lowest BCUT2D eigenvalue weighted by molar-refractivity contribution is -0.113. The number of esters is 2. The Hall–Kier alpha value is -2.83. The SMILES string of the molecule is CCOC(=O)c1sc(NC(=O)CSc2nnc(CSc3ccc(C)cc3)n2CC)c(C(=O)OCC)c1C. The number of carbonyl (C=O) groups is 3. The first-order chi connectivity index (χ1) is 17.8. The van der Waals surface area contributed by atoms with Gasteiger partial charge in [0.15, 0.2) is 5.16 Å². The van der Waals surface area contributed by atoms with Crippen LogP contribution >= 0.6 is 34.9 Å². The van der Waals surface area contributed by atoms with Crippen LogP contribution in [0.15, 0.2) is 34.3 Å². The number of rotatable bonds is 12. The number of thioether (sulfide) groups is 2. The molecule has 3 aromatic rings. The molecule has 12 heteroatoms. The third-order valence-electron chi connectivity index (χ3n) is 5.17. The number of nitrogens with one attached hydrogen (secondary N) is 1. The number of aromatic nitrogens is 3. The van der Waals surface area contributed by atoms with Crippen LogP contribution in [0.1, 0.15) is 57.8 Å². The zero-order chi connectivity index (χ0) is 26.9. The molecule has 0 atom stereocenters. The molecule has 0 bridgehead atoms. The Kier molecular flexibility index (Phi) is 10.6. The Labute approximate surface area is 228 Å². The fraction of sp³-hybridized carbons (Fsp3) is 0.400. The molecule has 37 heavy (non-hydrogen) atoms. The van der Waals surface area contributed by atoms with Gasteiger partial charge in [0.1, 0.15) is 15.7 Å². The van der Waals surface area contributed by atoms with Gasteiger partial charge in [0.05, 0.1) is 30.3 Å². The number of aryl methyl sites for hydroxylation is 1. The number of nitrogens with zero attached hydrogens (tertiary/aromatic N) is 3. The summed E-state index contributed by atoms with van der Waals surface area (Å²) in [5, 5.41) is 12.3. The Morgan fingerprint density at radius 2 is 1.65 bits per heavy atom. The van der Waals surface area contributed by atoms with Gasteiger partial charge in [0.2, 0.25) is 5.91 Å². The molecule has 0 aliphatic rings. The molecule has 2 heterocycles. The van der Waals surface area contributed by atoms with Crippen molar-refractivity contribution in [3.8, 4) is 0 Å². The summed E-state index contributed by atoms with van der Waals surface area (Å²) < 4.78 is 12.2. The average molecular weight is 563 g/mol. The van der Waals surface area contributed by atoms with Crippen LogP contribution in [0.25, 0.3) is 0 Å². The average Bonchev–Trinajstić information content (AvgIpc) is 3.42. The summed E-state index contributed by atoms with van der Waals surface area (Å²) in [6.07, 6.45) is 0. The summed E-state index contributed by atoms with van der Waals surface area (Å²) in [6, 6.07) is 8.31. The maximum atomic E-state index is 12.8. The van der Waals surface area contributed by atoms with Crippen LogP contribution < -0.4 is 5.32 Å². The fourth-order valence-electron chi connectivity index (χ4n) is 3.37. The minimum Gasteiger partial charge on any atom is -0.462 e. The number of benzene rings is 1. The van der Waals surface area contributed by atoms with Gasteiger partial charge in [-0.25, -0.2) is 9.59 Å². The predicted octanol–water partition coefficient (Wildman–Crippen LogP) is 5.35. The van der Waals surface area contributed by atoms with E-state index >= 15 is 0 Å². The Morgan fingerprint density at radius 1 is 0.973 bits per heavy atom. The van der Waals surface area contributed by atoms with Gasteiger partial charge in [-0.05, 0) is 52.3 Å². The quantitative estimate of drug-likeness (QED) is 0.230. The molecular formula is C25H30N4O5S3. The maximum absolute atomic E-state index is 12.8. The van der Waals surface area contributed by atoms with Crippen LogP contribution in [0.5, 0.6) is 0 Å². The second kappa shape index (κ2) is 13.6. The summed E-state index contributed by atoms with van der Waals surface area (Å²) in [4.78, 5) is 39.1. The second-order valence-corrected chi connectivity index (χ2v) is 10.8. The van der Waals surface area contributed by atoms with Gasteiger partial charge in [0.25, 0.3) is 0 Å². The first-order valence-corrected chi connectivity index (χ1v) is 14.6. The highest BCUT2D eigenvalue weighted by Gasteiger charge is 2.27. The largest absolute Gasteiger partial charge is 0.462 e. The van der Waals surface area contributed by atoms with Crippen LogP contribution in [0, 0.1) is 13.8 Å². The molecule has 1 amide bonds. The molecule has 1 N–H and O–H groups in total. The van der Waals surface area contributed by atoms with Gasteiger partial charge >= 0.3 is 11.9 Å². The van der Waals surface area contributed by atoms with E-state index in [2.05, 4.69) is 46.7 Å². The van der Waals surface area contributed by atoms with Gasteiger partial charge in [-0.2, -0.15) is 0 Å². The third-order valence-corrected chi connectivity index (χ3v) is 8.33. The van der Waals surface area contributed by atoms with Gasteiger partial charge in [0, 0.05) is 11.4 Å². The highest BCUT2D eigenvalue weighted by atomic mass is 32.2. The molecule has 9 nitrogen and oxygen atoms in total. The molecule has 198 valence electrons. The first-order valence-electron chi connectivity index (χ1n) is 11.8. The first kappa shape index (κ1) is 28.7. The minimum atomic E-state index is -0.601. The van der Waals surface area contributed by atoms with E-state index < -0.39 is 11.9 Å². The summed E-state index contributed by atoms with van der Waals surface area (Å²) >= 11 is 3.94. The summed E-state index contributed by atoms with van der Waals surface area (Å²) in [5.74, 6) is 0.0534. The standard InChI is InChI=1S/C25H30N4O5S3/c1-6-29-18(13-35-17-11-9-15(4)10-12-17)27-28-25(29)36-14-19(30)26-22-20(23(31)33-7-2)16(5)21(37-22)24(32)34-8-3/h9-12H,6-8,13-14H2,1-5H3,(H,26,30). The molecule has 0 saturated heterocycles. The zero-order valence-corrected chi connectivity index (χ0v) is 23.9. The van der Waals surface area contributed by atoms with Crippen molar-refractivity contribution in [3.05, 3.63) is 51.7 Å². The van der Waals surface area contributed by atoms with Crippen molar-refractivity contribution in [2.45, 2.75) is 57.0 Å². The van der Waals surface area contributed by atoms with E-state index in [0.717, 1.165) is 22.1 Å². The van der Waals surface area contributed by atoms with Crippen molar-refractivity contribution < 1.29 is 23.9 Å². The molecule has 0 radical (unpaired) electrons. The molecule has 0 unspecified atom stereocenters. The van der Waals surface area contributed by atoms with E-state index in [1.807, 2.05) is 11.5 Å². The molecule has 0 fully saturated rings. The van der Waals surface area contributed by atoms with E-state index in [1.54, 1.807) is 32.5 Å². The number of carbonyl (C=O) groups excluding carboxylic acids is 3. The van der Waals surface area contributed by atoms with Crippen molar-refractivity contribution in [1.29, 1.82) is 0 Å². The number of hydrogen-bond donors (Lipinski definition) is 1. The highest BCUT2D eigenvalue weighted by Crippen LogP contribution is 2.34. The van der Waals surface area contributed by atoms with Gasteiger partial charge in [-0.3, -0.25) is 4.79 Å². The third kappa shape index (κ3) is 7.36. The number of anilines is 1. The maximum Gasteiger partial charge on any atom is 0.348 e. The Bertz CT molecular complexity index is 1250. The topological polar surface area (TPSA) is 112 Å². The number of thiophene rings is 1. The molecule has 2 aromatic heterocycles. The van der Waals surface area contributed by atoms with Gasteiger partial charge in [-0.1, -0.05) is 29.5 Å². The lowest BCUT2D eigenvalue weighted by atomic mass is 10.1. The van der Waals surface area contributed by atoms with E-state index in [4.69, 9.17) is 9.47 Å². The van der Waals surface area contributed by atoms with Crippen molar-refractivity contribution in [1.82, 2.24) is 14.8 Å². The number of ether oxygens (including phenoxy) is 2. The predicted molar refractivity (Wildman–Crippen MR) is 147 cm³/mol. The molecular weight excluding hydrogens is 532 g/mol. The monoisotopic (exact) mass is 562 g/mol. The molecule has 0 aliphatic heterocycles. The molecule has 0 aliphatic carbocycles. The fourth-order valence-corrected chi connectivity index (χ4v) is 6.13. The normalized spacial score (nSPS) is 10.8. The minimum absolute atomic E-state index is 0.0528. The lowest BCUT2D eigenvalue weighted by Crippen LogP contribution is -2.17. The van der Waals surface area contributed by atoms with Crippen molar-refractivity contribution in [2.24, 2.45) is 0 Å². The van der Waals surface area contributed by atoms with Crippen molar-refractivity contribution in [3.63, 3.8) is 0 Å². The van der Waals surface area contributed by atoms with E-state index in [1.165, 1.54) is 17.3 Å². The van der Waals surface area contributed by atoms with E-state index in [9.17, 15) is 14.4 Å². The van der Waals surface area contributed by atoms with Crippen LogP contribution in [-0.4, -0.2) is 51.6 Å². The Balaban J connectivity index is 1.68. The lowest BCUT2D eigenvalue weighted by Gasteiger charge is -2.08. The van der Waals surface area contributed by atoms with Gasteiger partial charge < -0.3 is 19.4 Å². The van der Waals surface area contributed by atoms with Crippen molar-refractivity contribution in [2.75, 3.05) is 24.3 Å². The van der Waals surface area contributed by atoms with E-state index in [0.29, 0.717) is 23.0 Å². The Morgan fingerprint density at radius 3 is 2.30 bits per heavy atom. The van der Waals surface area contributed by atoms with Crippen LogP contribution in [0.2, 0.25) is 0 Å². The van der Waals surface area contributed by atoms with Crippen LogP contribution in [-0.2, 0) is 26.6 Å². The summed E-state index contributed by atoms with van der Waals surface area (Å²) in [6.45, 7) is 10.1. The smallest absolute Gasteiger partial charge is 0.348 e. The second-order valence-electron chi connectivity index (χ2n) is 7.78. The summed E-state index contributed by atoms with van der Waals surface area (Å²) in [7, 11) is 0. The molecule has 0 spiro atoms. The molecule has 3 rings (SSSR count). The molecule has 1 aromatic carbocycles. The highest BCUT2D eigenvalue weighted by molar-refractivity contribution is 7.99. The number of amides is 1. The molecule has 0 saturated carbocycles. The van der Waals surface area contributed by atoms with Crippen LogP contribution in [0.3, 0.4) is 0 Å². The number of hydrogen-bond acceptors (Lipinski definition) is 10. The van der Waals surface area contributed by atoms with E-state index in [-0.39, 0.29) is 40.3 Å². The van der Waals surface area contributed by atoms with Crippen molar-refractivity contribution >= 4 is 57.7 Å². The summed E-state index contributed by atoms with van der Waals surface area (Å²) in [5.41, 5.74) is 1.80. The van der Waals surface area contributed by atoms with Crippen LogP contribution in [0.4, 0.5) is 5.00 Å². The van der Waals surface area contributed by atoms with Gasteiger partial charge in [-0.15, -0.1) is 33.3 Å². The zero-order valence-electron chi connectivity index (χ0n) is 21.5.